The van der Waals surface area contributed by atoms with Crippen LogP contribution in [0.25, 0.3) is 0 Å². The number of ether oxygens (including phenoxy) is 1. The summed E-state index contributed by atoms with van der Waals surface area (Å²) in [6.07, 6.45) is 0.422. The minimum atomic E-state index is -2.39. The predicted molar refractivity (Wildman–Crippen MR) is 125 cm³/mol. The SMILES string of the molecule is O=C1CCC(N2Cc3c(NC(O)(O)c4cccc(CN5CCOCC5)c4)cccc3C2=O)C(=O)N1. The van der Waals surface area contributed by atoms with E-state index in [0.29, 0.717) is 36.6 Å². The van der Waals surface area contributed by atoms with Gasteiger partial charge in [-0.05, 0) is 30.2 Å². The van der Waals surface area contributed by atoms with E-state index in [2.05, 4.69) is 15.5 Å². The lowest BCUT2D eigenvalue weighted by molar-refractivity contribution is -0.144. The summed E-state index contributed by atoms with van der Waals surface area (Å²) < 4.78 is 5.39. The first-order chi connectivity index (χ1) is 16.8. The van der Waals surface area contributed by atoms with Crippen molar-refractivity contribution in [1.82, 2.24) is 15.1 Å². The van der Waals surface area contributed by atoms with Gasteiger partial charge in [0.05, 0.1) is 13.2 Å². The van der Waals surface area contributed by atoms with Crippen LogP contribution in [0.3, 0.4) is 0 Å². The zero-order valence-corrected chi connectivity index (χ0v) is 19.2. The molecule has 3 aliphatic rings. The highest BCUT2D eigenvalue weighted by atomic mass is 16.5. The van der Waals surface area contributed by atoms with Gasteiger partial charge in [-0.25, -0.2) is 0 Å². The first kappa shape index (κ1) is 23.4. The van der Waals surface area contributed by atoms with Gasteiger partial charge in [0.2, 0.25) is 11.8 Å². The molecule has 0 bridgehead atoms. The molecule has 2 saturated heterocycles. The number of nitrogens with one attached hydrogen (secondary N) is 2. The Morgan fingerprint density at radius 2 is 1.86 bits per heavy atom. The third kappa shape index (κ3) is 4.78. The number of morpholine rings is 1. The van der Waals surface area contributed by atoms with Gasteiger partial charge in [0, 0.05) is 55.0 Å². The number of hydrogen-bond donors (Lipinski definition) is 4. The van der Waals surface area contributed by atoms with Gasteiger partial charge < -0.3 is 25.2 Å². The van der Waals surface area contributed by atoms with Gasteiger partial charge in [-0.2, -0.15) is 0 Å². The fourth-order valence-corrected chi connectivity index (χ4v) is 4.87. The van der Waals surface area contributed by atoms with Crippen molar-refractivity contribution in [2.75, 3.05) is 31.6 Å². The predicted octanol–water partition coefficient (Wildman–Crippen LogP) is 0.487. The molecular formula is C25H28N4O6. The van der Waals surface area contributed by atoms with Crippen LogP contribution in [0.1, 0.15) is 39.9 Å². The summed E-state index contributed by atoms with van der Waals surface area (Å²) in [7, 11) is 0. The van der Waals surface area contributed by atoms with Crippen molar-refractivity contribution in [1.29, 1.82) is 0 Å². The van der Waals surface area contributed by atoms with E-state index in [1.165, 1.54) is 4.90 Å². The van der Waals surface area contributed by atoms with Gasteiger partial charge in [0.1, 0.15) is 6.04 Å². The molecule has 184 valence electrons. The second-order valence-corrected chi connectivity index (χ2v) is 9.12. The molecule has 5 rings (SSSR count). The van der Waals surface area contributed by atoms with E-state index in [-0.39, 0.29) is 36.8 Å². The number of fused-ring (bicyclic) bond motifs is 1. The Kier molecular flexibility index (Phi) is 6.28. The van der Waals surface area contributed by atoms with E-state index in [4.69, 9.17) is 4.74 Å². The summed E-state index contributed by atoms with van der Waals surface area (Å²) in [5, 5.41) is 27.0. The summed E-state index contributed by atoms with van der Waals surface area (Å²) in [6, 6.07) is 11.3. The molecule has 3 heterocycles. The number of imide groups is 1. The normalized spacial score (nSPS) is 21.1. The third-order valence-electron chi connectivity index (χ3n) is 6.73. The van der Waals surface area contributed by atoms with Gasteiger partial charge in [-0.1, -0.05) is 24.3 Å². The zero-order chi connectivity index (χ0) is 24.6. The lowest BCUT2D eigenvalue weighted by atomic mass is 10.0. The number of rotatable bonds is 6. The first-order valence-corrected chi connectivity index (χ1v) is 11.7. The van der Waals surface area contributed by atoms with Crippen LogP contribution in [-0.4, -0.2) is 70.1 Å². The molecule has 2 fully saturated rings. The van der Waals surface area contributed by atoms with E-state index < -0.39 is 17.9 Å². The molecule has 35 heavy (non-hydrogen) atoms. The minimum Gasteiger partial charge on any atom is -0.379 e. The van der Waals surface area contributed by atoms with Crippen LogP contribution >= 0.6 is 0 Å². The maximum absolute atomic E-state index is 13.0. The Bertz CT molecular complexity index is 1160. The summed E-state index contributed by atoms with van der Waals surface area (Å²) >= 11 is 0. The van der Waals surface area contributed by atoms with Crippen LogP contribution in [0.15, 0.2) is 42.5 Å². The first-order valence-electron chi connectivity index (χ1n) is 11.7. The number of piperidine rings is 1. The van der Waals surface area contributed by atoms with Crippen molar-refractivity contribution in [3.8, 4) is 0 Å². The Labute approximate surface area is 202 Å². The molecule has 0 aliphatic carbocycles. The highest BCUT2D eigenvalue weighted by molar-refractivity contribution is 6.06. The van der Waals surface area contributed by atoms with E-state index >= 15 is 0 Å². The minimum absolute atomic E-state index is 0.122. The van der Waals surface area contributed by atoms with Crippen molar-refractivity contribution < 1.29 is 29.3 Å². The van der Waals surface area contributed by atoms with Crippen LogP contribution in [0.2, 0.25) is 0 Å². The topological polar surface area (TPSA) is 131 Å². The largest absolute Gasteiger partial charge is 0.379 e. The van der Waals surface area contributed by atoms with Gasteiger partial charge in [0.15, 0.2) is 0 Å². The zero-order valence-electron chi connectivity index (χ0n) is 19.2. The molecule has 3 aliphatic heterocycles. The Balaban J connectivity index is 1.35. The highest BCUT2D eigenvalue weighted by Gasteiger charge is 2.40. The van der Waals surface area contributed by atoms with Crippen molar-refractivity contribution in [2.24, 2.45) is 0 Å². The average Bonchev–Trinajstić information content (AvgIpc) is 3.17. The van der Waals surface area contributed by atoms with Crippen LogP contribution < -0.4 is 10.6 Å². The molecule has 4 N–H and O–H groups in total. The maximum Gasteiger partial charge on any atom is 0.272 e. The molecule has 0 spiro atoms. The van der Waals surface area contributed by atoms with Crippen molar-refractivity contribution in [3.63, 3.8) is 0 Å². The fourth-order valence-electron chi connectivity index (χ4n) is 4.87. The maximum atomic E-state index is 13.0. The van der Waals surface area contributed by atoms with E-state index in [1.54, 1.807) is 36.4 Å². The monoisotopic (exact) mass is 480 g/mol. The molecule has 10 heteroatoms. The molecule has 3 amide bonds. The number of hydrogen-bond acceptors (Lipinski definition) is 8. The fraction of sp³-hybridized carbons (Fsp3) is 0.400. The molecule has 0 radical (unpaired) electrons. The number of aliphatic hydroxyl groups is 2. The smallest absolute Gasteiger partial charge is 0.272 e. The molecule has 0 saturated carbocycles. The standard InChI is InChI=1S/C25H28N4O6/c30-22-8-7-21(23(31)26-22)29-15-19-18(24(29)32)5-2-6-20(19)27-25(33,34)17-4-1-3-16(13-17)14-28-9-11-35-12-10-28/h1-6,13,21,27,33-34H,7-12,14-15H2,(H,26,30,31). The summed E-state index contributed by atoms with van der Waals surface area (Å²) in [5.74, 6) is -3.56. The summed E-state index contributed by atoms with van der Waals surface area (Å²) in [6.45, 7) is 3.79. The van der Waals surface area contributed by atoms with Crippen LogP contribution in [0, 0.1) is 0 Å². The molecule has 1 unspecified atom stereocenters. The van der Waals surface area contributed by atoms with Gasteiger partial charge in [-0.15, -0.1) is 0 Å². The van der Waals surface area contributed by atoms with Gasteiger partial charge in [0.25, 0.3) is 11.8 Å². The second kappa shape index (κ2) is 9.38. The molecular weight excluding hydrogens is 452 g/mol. The molecule has 1 atom stereocenters. The summed E-state index contributed by atoms with van der Waals surface area (Å²) in [5.41, 5.74) is 2.55. The van der Waals surface area contributed by atoms with Crippen LogP contribution in [0.4, 0.5) is 5.69 Å². The molecule has 10 nitrogen and oxygen atoms in total. The van der Waals surface area contributed by atoms with E-state index in [0.717, 1.165) is 18.7 Å². The van der Waals surface area contributed by atoms with Crippen molar-refractivity contribution in [3.05, 3.63) is 64.7 Å². The quantitative estimate of drug-likeness (QED) is 0.347. The summed E-state index contributed by atoms with van der Waals surface area (Å²) in [4.78, 5) is 40.5. The Morgan fingerprint density at radius 1 is 1.09 bits per heavy atom. The van der Waals surface area contributed by atoms with E-state index in [1.807, 2.05) is 6.07 Å². The lowest BCUT2D eigenvalue weighted by Crippen LogP contribution is -2.52. The number of amides is 3. The molecule has 2 aromatic carbocycles. The number of nitrogens with zero attached hydrogens (tertiary/aromatic N) is 2. The van der Waals surface area contributed by atoms with Crippen molar-refractivity contribution in [2.45, 2.75) is 37.9 Å². The average molecular weight is 481 g/mol. The molecule has 0 aromatic heterocycles. The van der Waals surface area contributed by atoms with Gasteiger partial charge in [-0.3, -0.25) is 24.6 Å². The second-order valence-electron chi connectivity index (χ2n) is 9.12. The number of benzene rings is 2. The Morgan fingerprint density at radius 3 is 2.63 bits per heavy atom. The van der Waals surface area contributed by atoms with Crippen molar-refractivity contribution >= 4 is 23.4 Å². The lowest BCUT2D eigenvalue weighted by Gasteiger charge is -2.30. The third-order valence-corrected chi connectivity index (χ3v) is 6.73. The number of anilines is 1. The van der Waals surface area contributed by atoms with Gasteiger partial charge >= 0.3 is 0 Å². The van der Waals surface area contributed by atoms with Crippen LogP contribution in [0.5, 0.6) is 0 Å². The Hall–Kier alpha value is -3.31. The highest BCUT2D eigenvalue weighted by Crippen LogP contribution is 2.34. The van der Waals surface area contributed by atoms with Crippen LogP contribution in [-0.2, 0) is 33.3 Å². The molecule has 2 aromatic rings. The number of carbonyl (C=O) groups excluding carboxylic acids is 3. The van der Waals surface area contributed by atoms with E-state index in [9.17, 15) is 24.6 Å². The number of carbonyl (C=O) groups is 3.